The SMILES string of the molecule is CC(O)(C(O)NC1CCN(c2nc(-c3ccccc3O)nc3ccccc23)CC1)C(F)(F)F. The maximum atomic E-state index is 13.0. The van der Waals surface area contributed by atoms with Crippen molar-refractivity contribution in [2.45, 2.75) is 43.8 Å². The zero-order valence-corrected chi connectivity index (χ0v) is 17.9. The number of rotatable bonds is 5. The third-order valence-electron chi connectivity index (χ3n) is 6.02. The van der Waals surface area contributed by atoms with Crippen LogP contribution in [0.1, 0.15) is 19.8 Å². The molecule has 1 aromatic heterocycles. The van der Waals surface area contributed by atoms with Gasteiger partial charge in [-0.1, -0.05) is 24.3 Å². The Kier molecular flexibility index (Phi) is 6.17. The van der Waals surface area contributed by atoms with E-state index < -0.39 is 24.0 Å². The van der Waals surface area contributed by atoms with Crippen molar-refractivity contribution in [3.8, 4) is 17.1 Å². The van der Waals surface area contributed by atoms with Crippen molar-refractivity contribution in [3.63, 3.8) is 0 Å². The van der Waals surface area contributed by atoms with Crippen LogP contribution in [-0.4, -0.2) is 62.4 Å². The molecular formula is C23H25F3N4O3. The van der Waals surface area contributed by atoms with Crippen molar-refractivity contribution in [2.75, 3.05) is 18.0 Å². The van der Waals surface area contributed by atoms with Gasteiger partial charge in [0.25, 0.3) is 0 Å². The minimum absolute atomic E-state index is 0.0624. The highest BCUT2D eigenvalue weighted by Crippen LogP contribution is 2.34. The summed E-state index contributed by atoms with van der Waals surface area (Å²) in [5, 5.41) is 33.2. The largest absolute Gasteiger partial charge is 0.507 e. The molecule has 0 radical (unpaired) electrons. The maximum absolute atomic E-state index is 13.0. The Morgan fingerprint density at radius 3 is 2.33 bits per heavy atom. The van der Waals surface area contributed by atoms with Crippen LogP contribution in [0.15, 0.2) is 48.5 Å². The molecule has 2 atom stereocenters. The first-order chi connectivity index (χ1) is 15.6. The number of nitrogens with zero attached hydrogens (tertiary/aromatic N) is 3. The molecule has 2 heterocycles. The molecule has 4 rings (SSSR count). The third-order valence-corrected chi connectivity index (χ3v) is 6.02. The van der Waals surface area contributed by atoms with E-state index in [0.717, 1.165) is 5.39 Å². The molecule has 33 heavy (non-hydrogen) atoms. The third kappa shape index (κ3) is 4.59. The first-order valence-electron chi connectivity index (χ1n) is 10.6. The fourth-order valence-corrected chi connectivity index (χ4v) is 3.88. The minimum Gasteiger partial charge on any atom is -0.507 e. The summed E-state index contributed by atoms with van der Waals surface area (Å²) in [6.07, 6.45) is -6.22. The number of anilines is 1. The number of aliphatic hydroxyl groups excluding tert-OH is 1. The van der Waals surface area contributed by atoms with Gasteiger partial charge in [-0.05, 0) is 44.0 Å². The predicted octanol–water partition coefficient (Wildman–Crippen LogP) is 3.19. The van der Waals surface area contributed by atoms with Crippen LogP contribution >= 0.6 is 0 Å². The summed E-state index contributed by atoms with van der Waals surface area (Å²) in [6, 6.07) is 13.9. The van der Waals surface area contributed by atoms with Gasteiger partial charge < -0.3 is 20.2 Å². The quantitative estimate of drug-likeness (QED) is 0.432. The molecule has 176 valence electrons. The molecule has 4 N–H and O–H groups in total. The lowest BCUT2D eigenvalue weighted by atomic mass is 10.00. The fraction of sp³-hybridized carbons (Fsp3) is 0.391. The van der Waals surface area contributed by atoms with Gasteiger partial charge in [-0.3, -0.25) is 5.32 Å². The Morgan fingerprint density at radius 1 is 1.03 bits per heavy atom. The minimum atomic E-state index is -4.96. The lowest BCUT2D eigenvalue weighted by molar-refractivity contribution is -0.288. The summed E-state index contributed by atoms with van der Waals surface area (Å²) < 4.78 is 39.0. The molecular weight excluding hydrogens is 437 g/mol. The van der Waals surface area contributed by atoms with Crippen molar-refractivity contribution < 1.29 is 28.5 Å². The topological polar surface area (TPSA) is 102 Å². The van der Waals surface area contributed by atoms with E-state index in [2.05, 4.69) is 10.3 Å². The number of halogens is 3. The van der Waals surface area contributed by atoms with Crippen LogP contribution in [0.4, 0.5) is 19.0 Å². The molecule has 0 spiro atoms. The van der Waals surface area contributed by atoms with E-state index in [9.17, 15) is 28.5 Å². The van der Waals surface area contributed by atoms with Crippen LogP contribution < -0.4 is 10.2 Å². The number of hydrogen-bond donors (Lipinski definition) is 4. The van der Waals surface area contributed by atoms with Gasteiger partial charge in [-0.15, -0.1) is 0 Å². The second kappa shape index (κ2) is 8.77. The summed E-state index contributed by atoms with van der Waals surface area (Å²) in [5.74, 6) is 1.10. The van der Waals surface area contributed by atoms with Crippen molar-refractivity contribution in [1.29, 1.82) is 0 Å². The van der Waals surface area contributed by atoms with Crippen molar-refractivity contribution in [3.05, 3.63) is 48.5 Å². The van der Waals surface area contributed by atoms with Gasteiger partial charge in [0.2, 0.25) is 0 Å². The Hall–Kier alpha value is -2.95. The van der Waals surface area contributed by atoms with Crippen LogP contribution in [0.2, 0.25) is 0 Å². The molecule has 1 aliphatic rings. The first-order valence-corrected chi connectivity index (χ1v) is 10.6. The van der Waals surface area contributed by atoms with Crippen molar-refractivity contribution in [2.24, 2.45) is 0 Å². The molecule has 1 fully saturated rings. The van der Waals surface area contributed by atoms with Gasteiger partial charge in [-0.25, -0.2) is 9.97 Å². The van der Waals surface area contributed by atoms with Gasteiger partial charge >= 0.3 is 6.18 Å². The molecule has 1 saturated heterocycles. The van der Waals surface area contributed by atoms with E-state index in [1.807, 2.05) is 29.2 Å². The zero-order valence-electron chi connectivity index (χ0n) is 17.9. The van der Waals surface area contributed by atoms with Crippen molar-refractivity contribution >= 4 is 16.7 Å². The molecule has 0 bridgehead atoms. The lowest BCUT2D eigenvalue weighted by Crippen LogP contribution is -2.60. The smallest absolute Gasteiger partial charge is 0.420 e. The van der Waals surface area contributed by atoms with Crippen LogP contribution in [0, 0.1) is 0 Å². The van der Waals surface area contributed by atoms with E-state index in [1.165, 1.54) is 0 Å². The Balaban J connectivity index is 1.56. The summed E-state index contributed by atoms with van der Waals surface area (Å²) in [5.41, 5.74) is -2.05. The second-order valence-corrected chi connectivity index (χ2v) is 8.38. The highest BCUT2D eigenvalue weighted by atomic mass is 19.4. The Morgan fingerprint density at radius 2 is 1.67 bits per heavy atom. The van der Waals surface area contributed by atoms with Gasteiger partial charge in [-0.2, -0.15) is 13.2 Å². The fourth-order valence-electron chi connectivity index (χ4n) is 3.88. The molecule has 0 amide bonds. The van der Waals surface area contributed by atoms with Crippen LogP contribution in [-0.2, 0) is 0 Å². The first kappa shape index (κ1) is 23.2. The van der Waals surface area contributed by atoms with E-state index in [-0.39, 0.29) is 5.75 Å². The molecule has 0 saturated carbocycles. The Labute approximate surface area is 188 Å². The highest BCUT2D eigenvalue weighted by Gasteiger charge is 2.55. The molecule has 10 heteroatoms. The molecule has 1 aliphatic heterocycles. The van der Waals surface area contributed by atoms with E-state index in [4.69, 9.17) is 4.98 Å². The van der Waals surface area contributed by atoms with Gasteiger partial charge in [0.15, 0.2) is 11.4 Å². The van der Waals surface area contributed by atoms with E-state index in [1.54, 1.807) is 24.3 Å². The van der Waals surface area contributed by atoms with E-state index in [0.29, 0.717) is 55.6 Å². The number of alkyl halides is 3. The highest BCUT2D eigenvalue weighted by molar-refractivity contribution is 5.91. The summed E-state index contributed by atoms with van der Waals surface area (Å²) in [7, 11) is 0. The number of fused-ring (bicyclic) bond motifs is 1. The summed E-state index contributed by atoms with van der Waals surface area (Å²) in [4.78, 5) is 11.3. The second-order valence-electron chi connectivity index (χ2n) is 8.38. The normalized spacial score (nSPS) is 18.3. The van der Waals surface area contributed by atoms with Crippen LogP contribution in [0.3, 0.4) is 0 Å². The molecule has 7 nitrogen and oxygen atoms in total. The van der Waals surface area contributed by atoms with Gasteiger partial charge in [0.1, 0.15) is 17.8 Å². The number of phenolic OH excluding ortho intramolecular Hbond substituents is 1. The van der Waals surface area contributed by atoms with Gasteiger partial charge in [0, 0.05) is 24.5 Å². The number of benzene rings is 2. The lowest BCUT2D eigenvalue weighted by Gasteiger charge is -2.38. The average molecular weight is 462 g/mol. The molecule has 2 aromatic carbocycles. The summed E-state index contributed by atoms with van der Waals surface area (Å²) in [6.45, 7) is 1.49. The number of nitrogens with one attached hydrogen (secondary N) is 1. The van der Waals surface area contributed by atoms with Crippen LogP contribution in [0.25, 0.3) is 22.3 Å². The van der Waals surface area contributed by atoms with E-state index >= 15 is 0 Å². The monoisotopic (exact) mass is 462 g/mol. The van der Waals surface area contributed by atoms with Gasteiger partial charge in [0.05, 0.1) is 11.1 Å². The number of hydrogen-bond acceptors (Lipinski definition) is 7. The number of piperidine rings is 1. The number of aromatic hydroxyl groups is 1. The molecule has 3 aromatic rings. The number of aliphatic hydroxyl groups is 2. The molecule has 0 aliphatic carbocycles. The number of phenols is 1. The Bertz CT molecular complexity index is 1130. The standard InChI is InChI=1S/C23H25F3N4O3/c1-22(33,23(24,25)26)21(32)27-14-10-12-30(13-11-14)20-15-6-2-4-8-17(15)28-19(29-20)16-7-3-5-9-18(16)31/h2-9,14,21,27,31-33H,10-13H2,1H3. The summed E-state index contributed by atoms with van der Waals surface area (Å²) >= 11 is 0. The predicted molar refractivity (Wildman–Crippen MR) is 118 cm³/mol. The van der Waals surface area contributed by atoms with Crippen molar-refractivity contribution in [1.82, 2.24) is 15.3 Å². The van der Waals surface area contributed by atoms with Crippen LogP contribution in [0.5, 0.6) is 5.75 Å². The average Bonchev–Trinajstić information content (AvgIpc) is 2.78. The number of aromatic nitrogens is 2. The zero-order chi connectivity index (χ0) is 23.8. The maximum Gasteiger partial charge on any atom is 0.420 e. The molecule has 2 unspecified atom stereocenters. The number of para-hydroxylation sites is 2.